The fraction of sp³-hybridized carbons (Fsp3) is 0.0952. The average molecular weight is 1250 g/mol. The summed E-state index contributed by atoms with van der Waals surface area (Å²) in [6.45, 7) is 16.8. The zero-order valence-electron chi connectivity index (χ0n) is 53.5. The van der Waals surface area contributed by atoms with Crippen LogP contribution in [0.3, 0.4) is 0 Å². The third kappa shape index (κ3) is 7.21. The number of hydrogen-bond donors (Lipinski definition) is 0. The Balaban J connectivity index is 0.000000127. The lowest BCUT2D eigenvalue weighted by Gasteiger charge is -2.08. The van der Waals surface area contributed by atoms with E-state index in [4.69, 9.17) is 35.3 Å². The van der Waals surface area contributed by atoms with Gasteiger partial charge in [-0.2, -0.15) is 0 Å². The topological polar surface area (TPSA) is 125 Å². The van der Waals surface area contributed by atoms with Gasteiger partial charge in [-0.25, -0.2) is 0 Å². The zero-order valence-corrected chi connectivity index (χ0v) is 53.5. The second-order valence-corrected chi connectivity index (χ2v) is 26.6. The van der Waals surface area contributed by atoms with Crippen LogP contribution in [0, 0.1) is 55.4 Å². The Labute approximate surface area is 544 Å². The Kier molecular flexibility index (Phi) is 10.4. The molecule has 460 valence electrons. The molecule has 0 spiro atoms. The van der Waals surface area contributed by atoms with Gasteiger partial charge in [-0.3, -0.25) is 0 Å². The Hall–Kier alpha value is -12.3. The molecule has 0 saturated carbocycles. The van der Waals surface area contributed by atoms with E-state index in [-0.39, 0.29) is 0 Å². The van der Waals surface area contributed by atoms with E-state index < -0.39 is 0 Å². The monoisotopic (exact) mass is 1250 g/mol. The smallest absolute Gasteiger partial charge is 0.198 e. The lowest BCUT2D eigenvalue weighted by atomic mass is 10.1. The summed E-state index contributed by atoms with van der Waals surface area (Å²) < 4.78 is 62.6. The maximum absolute atomic E-state index is 6.79. The Morgan fingerprint density at radius 3 is 0.771 bits per heavy atom. The van der Waals surface area contributed by atoms with Crippen molar-refractivity contribution >= 4 is 177 Å². The first-order valence-electron chi connectivity index (χ1n) is 32.5. The van der Waals surface area contributed by atoms with E-state index in [1.807, 2.05) is 12.1 Å². The molecule has 96 heavy (non-hydrogen) atoms. The minimum Gasteiger partial charge on any atom is -0.450 e. The molecule has 12 heteroatoms. The van der Waals surface area contributed by atoms with Crippen molar-refractivity contribution in [2.75, 3.05) is 0 Å². The molecule has 0 aliphatic carbocycles. The number of hydrogen-bond acceptors (Lipinski definition) is 8. The first-order valence-corrected chi connectivity index (χ1v) is 32.5. The van der Waals surface area contributed by atoms with Crippen molar-refractivity contribution in [2.45, 2.75) is 55.4 Å². The number of aromatic nitrogens is 4. The standard InChI is InChI=1S/2C42H28N2O4/c1-21-5-11-25(12-6-21)43-31-17-23(3)9-15-27(31)37-35(43)41-39(47-37)29-19-34-30(20-33(29)45-41)40-42(46-34)36-38(48-40)28-16-10-24(4)18-32(28)44(36)26-13-7-22(2)8-14-26;1-21-5-11-25(12-6-21)43-35-27-15-9-23(3)17-31(27)45-39(35)41-37(43)29-19-34-30(20-33(29)47-41)38-42(48-34)40-36(28-16-10-24(4)18-32(28)46-40)44(38)26-13-7-22(2)8-14-26/h2*5-20H,1-4H3. The van der Waals surface area contributed by atoms with Crippen LogP contribution in [0.2, 0.25) is 0 Å². The molecule has 0 atom stereocenters. The number of fused-ring (bicyclic) bond motifs is 28. The zero-order chi connectivity index (χ0) is 64.0. The maximum atomic E-state index is 6.79. The molecule has 10 aromatic carbocycles. The first-order chi connectivity index (χ1) is 46.8. The van der Waals surface area contributed by atoms with Gasteiger partial charge in [-0.1, -0.05) is 95.1 Å². The summed E-state index contributed by atoms with van der Waals surface area (Å²) in [7, 11) is 0. The van der Waals surface area contributed by atoms with Crippen molar-refractivity contribution < 1.29 is 35.3 Å². The van der Waals surface area contributed by atoms with Crippen molar-refractivity contribution in [3.8, 4) is 22.7 Å². The minimum absolute atomic E-state index is 0.711. The van der Waals surface area contributed by atoms with Gasteiger partial charge in [0.15, 0.2) is 55.8 Å². The maximum Gasteiger partial charge on any atom is 0.198 e. The van der Waals surface area contributed by atoms with Gasteiger partial charge in [-0.15, -0.1) is 0 Å². The van der Waals surface area contributed by atoms with Gasteiger partial charge >= 0.3 is 0 Å². The lowest BCUT2D eigenvalue weighted by Crippen LogP contribution is -1.94. The summed E-state index contributed by atoms with van der Waals surface area (Å²) in [6, 6.07) is 68.3. The average Bonchev–Trinajstić information content (AvgIpc) is 1.54. The second-order valence-electron chi connectivity index (χ2n) is 26.6. The van der Waals surface area contributed by atoms with E-state index >= 15 is 0 Å². The lowest BCUT2D eigenvalue weighted by molar-refractivity contribution is 0.632. The quantitative estimate of drug-likeness (QED) is 0.171. The molecule has 0 unspecified atom stereocenters. The van der Waals surface area contributed by atoms with Crippen LogP contribution in [0.1, 0.15) is 44.5 Å². The summed E-state index contributed by atoms with van der Waals surface area (Å²) in [6.07, 6.45) is 0. The highest BCUT2D eigenvalue weighted by molar-refractivity contribution is 6.27. The van der Waals surface area contributed by atoms with Crippen LogP contribution in [0.15, 0.2) is 229 Å². The highest BCUT2D eigenvalue weighted by Crippen LogP contribution is 2.51. The minimum atomic E-state index is 0.711. The molecule has 0 aliphatic heterocycles. The highest BCUT2D eigenvalue weighted by Gasteiger charge is 2.32. The normalized spacial score (nSPS) is 12.6. The summed E-state index contributed by atoms with van der Waals surface area (Å²) >= 11 is 0. The number of rotatable bonds is 4. The SMILES string of the molecule is Cc1ccc(-n2c3c4ccc(C)cc4oc3c3oc4cc5c(cc4c32)oc2c3oc4cc(C)ccc4c3n(-c3ccc(C)cc3)c52)cc1.Cc1ccc(-n2c3cc(C)ccc3c3oc4c5cc6oc7c(oc8c9ccc(C)cc9n(-c9ccc(C)cc9)c87)c6cc5oc4c32)cc1. The van der Waals surface area contributed by atoms with Crippen molar-refractivity contribution in [1.82, 2.24) is 18.3 Å². The molecule has 0 saturated heterocycles. The molecule has 0 aliphatic rings. The van der Waals surface area contributed by atoms with Crippen LogP contribution in [-0.2, 0) is 0 Å². The van der Waals surface area contributed by atoms with Crippen LogP contribution in [0.5, 0.6) is 0 Å². The third-order valence-corrected chi connectivity index (χ3v) is 20.0. The van der Waals surface area contributed by atoms with Gasteiger partial charge in [0.1, 0.15) is 66.6 Å². The van der Waals surface area contributed by atoms with Crippen LogP contribution in [0.25, 0.3) is 199 Å². The predicted octanol–water partition coefficient (Wildman–Crippen LogP) is 24.2. The van der Waals surface area contributed by atoms with Gasteiger partial charge in [0.2, 0.25) is 0 Å². The van der Waals surface area contributed by atoms with E-state index in [0.717, 1.165) is 199 Å². The molecule has 0 N–H and O–H groups in total. The number of aryl methyl sites for hydroxylation is 8. The van der Waals surface area contributed by atoms with E-state index in [9.17, 15) is 0 Å². The fourth-order valence-electron chi connectivity index (χ4n) is 15.3. The van der Waals surface area contributed by atoms with E-state index in [0.29, 0.717) is 11.2 Å². The van der Waals surface area contributed by atoms with Crippen molar-refractivity contribution in [3.63, 3.8) is 0 Å². The van der Waals surface area contributed by atoms with E-state index in [1.165, 1.54) is 33.4 Å². The summed E-state index contributed by atoms with van der Waals surface area (Å²) in [5.41, 5.74) is 33.7. The van der Waals surface area contributed by atoms with Gasteiger partial charge in [-0.05, 0) is 199 Å². The molecule has 0 radical (unpaired) electrons. The van der Waals surface area contributed by atoms with Crippen LogP contribution < -0.4 is 0 Å². The molecule has 22 rings (SSSR count). The Bertz CT molecular complexity index is 6700. The molecule has 12 heterocycles. The van der Waals surface area contributed by atoms with E-state index in [1.54, 1.807) is 0 Å². The fourth-order valence-corrected chi connectivity index (χ4v) is 15.3. The Morgan fingerprint density at radius 1 is 0.177 bits per heavy atom. The van der Waals surface area contributed by atoms with Crippen LogP contribution >= 0.6 is 0 Å². The Morgan fingerprint density at radius 2 is 0.427 bits per heavy atom. The molecular formula is C84H56N4O8. The van der Waals surface area contributed by atoms with Gasteiger partial charge in [0.25, 0.3) is 0 Å². The first kappa shape index (κ1) is 53.3. The van der Waals surface area contributed by atoms with Crippen molar-refractivity contribution in [2.24, 2.45) is 0 Å². The summed E-state index contributed by atoms with van der Waals surface area (Å²) in [5.74, 6) is 0. The van der Waals surface area contributed by atoms with E-state index in [2.05, 4.69) is 256 Å². The second kappa shape index (κ2) is 18.7. The largest absolute Gasteiger partial charge is 0.450 e. The number of benzene rings is 10. The molecule has 0 bridgehead atoms. The van der Waals surface area contributed by atoms with Gasteiger partial charge in [0, 0.05) is 55.1 Å². The molecule has 12 aromatic heterocycles. The summed E-state index contributed by atoms with van der Waals surface area (Å²) in [5, 5.41) is 7.85. The molecule has 12 nitrogen and oxygen atoms in total. The molecule has 0 fully saturated rings. The van der Waals surface area contributed by atoms with Gasteiger partial charge < -0.3 is 53.6 Å². The number of furan rings is 8. The van der Waals surface area contributed by atoms with Crippen LogP contribution in [0.4, 0.5) is 0 Å². The molecular weight excluding hydrogens is 1190 g/mol. The van der Waals surface area contributed by atoms with Crippen LogP contribution in [-0.4, -0.2) is 18.3 Å². The van der Waals surface area contributed by atoms with Crippen molar-refractivity contribution in [1.29, 1.82) is 0 Å². The molecule has 22 aromatic rings. The predicted molar refractivity (Wildman–Crippen MR) is 386 cm³/mol. The summed E-state index contributed by atoms with van der Waals surface area (Å²) in [4.78, 5) is 0. The van der Waals surface area contributed by atoms with Crippen molar-refractivity contribution in [3.05, 3.63) is 239 Å². The highest BCUT2D eigenvalue weighted by atomic mass is 16.4. The number of nitrogens with zero attached hydrogens (tertiary/aromatic N) is 4. The third-order valence-electron chi connectivity index (χ3n) is 20.0. The van der Waals surface area contributed by atoms with Gasteiger partial charge in [0.05, 0.1) is 21.8 Å². The molecule has 0 amide bonds.